The van der Waals surface area contributed by atoms with E-state index < -0.39 is 18.0 Å². The highest BCUT2D eigenvalue weighted by molar-refractivity contribution is 7.99. The molecule has 0 bridgehead atoms. The van der Waals surface area contributed by atoms with Gasteiger partial charge in [0.1, 0.15) is 5.03 Å². The number of esters is 1. The summed E-state index contributed by atoms with van der Waals surface area (Å²) in [4.78, 5) is 32.8. The van der Waals surface area contributed by atoms with Crippen molar-refractivity contribution in [1.82, 2.24) is 9.97 Å². The second-order valence-electron chi connectivity index (χ2n) is 5.62. The average molecular weight is 402 g/mol. The van der Waals surface area contributed by atoms with Crippen LogP contribution in [0.25, 0.3) is 11.0 Å². The number of amides is 1. The molecule has 0 radical (unpaired) electrons. The van der Waals surface area contributed by atoms with E-state index in [1.165, 1.54) is 18.7 Å². The number of ether oxygens (including phenoxy) is 1. The van der Waals surface area contributed by atoms with Crippen molar-refractivity contribution in [3.8, 4) is 0 Å². The van der Waals surface area contributed by atoms with E-state index >= 15 is 0 Å². The summed E-state index contributed by atoms with van der Waals surface area (Å²) in [6.45, 7) is 1.51. The van der Waals surface area contributed by atoms with Crippen LogP contribution in [-0.2, 0) is 14.3 Å². The van der Waals surface area contributed by atoms with Crippen LogP contribution in [0, 0.1) is 0 Å². The fraction of sp³-hybridized carbons (Fsp3) is 0.158. The van der Waals surface area contributed by atoms with Gasteiger partial charge in [-0.3, -0.25) is 14.6 Å². The van der Waals surface area contributed by atoms with Crippen molar-refractivity contribution in [3.63, 3.8) is 0 Å². The first-order chi connectivity index (χ1) is 13.0. The van der Waals surface area contributed by atoms with E-state index in [0.29, 0.717) is 15.7 Å². The van der Waals surface area contributed by atoms with E-state index in [1.54, 1.807) is 30.5 Å². The van der Waals surface area contributed by atoms with Gasteiger partial charge >= 0.3 is 5.97 Å². The van der Waals surface area contributed by atoms with Gasteiger partial charge in [-0.1, -0.05) is 41.6 Å². The van der Waals surface area contributed by atoms with E-state index in [-0.39, 0.29) is 5.75 Å². The second kappa shape index (κ2) is 8.83. The molecule has 8 heteroatoms. The zero-order valence-electron chi connectivity index (χ0n) is 14.4. The van der Waals surface area contributed by atoms with Gasteiger partial charge in [-0.25, -0.2) is 4.98 Å². The molecule has 1 unspecified atom stereocenters. The van der Waals surface area contributed by atoms with E-state index in [2.05, 4.69) is 15.3 Å². The lowest BCUT2D eigenvalue weighted by molar-refractivity contribution is -0.150. The van der Waals surface area contributed by atoms with Crippen molar-refractivity contribution < 1.29 is 14.3 Å². The molecule has 138 valence electrons. The van der Waals surface area contributed by atoms with Crippen molar-refractivity contribution >= 4 is 52.0 Å². The summed E-state index contributed by atoms with van der Waals surface area (Å²) in [6, 6.07) is 14.2. The van der Waals surface area contributed by atoms with Crippen LogP contribution in [0.5, 0.6) is 0 Å². The van der Waals surface area contributed by atoms with Gasteiger partial charge in [0.25, 0.3) is 5.91 Å². The number of anilines is 1. The average Bonchev–Trinajstić information content (AvgIpc) is 2.66. The van der Waals surface area contributed by atoms with Gasteiger partial charge in [0.05, 0.1) is 23.0 Å². The molecule has 27 heavy (non-hydrogen) atoms. The standard InChI is InChI=1S/C19H16ClN3O3S/c1-12(19(25)22-14-6-4-5-13(20)9-14)26-18(24)11-27-17-10-21-15-7-2-3-8-16(15)23-17/h2-10,12H,11H2,1H3,(H,22,25). The summed E-state index contributed by atoms with van der Waals surface area (Å²) in [5.41, 5.74) is 2.08. The Kier molecular flexibility index (Phi) is 6.26. The van der Waals surface area contributed by atoms with Gasteiger partial charge in [-0.15, -0.1) is 0 Å². The molecule has 3 rings (SSSR count). The molecule has 2 aromatic carbocycles. The maximum absolute atomic E-state index is 12.1. The zero-order chi connectivity index (χ0) is 19.2. The van der Waals surface area contributed by atoms with Crippen LogP contribution in [0.15, 0.2) is 59.8 Å². The monoisotopic (exact) mass is 401 g/mol. The molecule has 0 saturated carbocycles. The third-order valence-corrected chi connectivity index (χ3v) is 4.64. The Labute approximate surface area is 165 Å². The Morgan fingerprint density at radius 2 is 1.96 bits per heavy atom. The molecule has 6 nitrogen and oxygen atoms in total. The number of hydrogen-bond donors (Lipinski definition) is 1. The minimum Gasteiger partial charge on any atom is -0.452 e. The van der Waals surface area contributed by atoms with Crippen LogP contribution in [-0.4, -0.2) is 33.7 Å². The Hall–Kier alpha value is -2.64. The normalized spacial score (nSPS) is 11.8. The highest BCUT2D eigenvalue weighted by Crippen LogP contribution is 2.18. The molecular formula is C19H16ClN3O3S. The molecular weight excluding hydrogens is 386 g/mol. The predicted molar refractivity (Wildman–Crippen MR) is 106 cm³/mol. The maximum Gasteiger partial charge on any atom is 0.317 e. The number of para-hydroxylation sites is 2. The summed E-state index contributed by atoms with van der Waals surface area (Å²) in [5.74, 6) is -0.910. The molecule has 1 amide bonds. The van der Waals surface area contributed by atoms with Crippen molar-refractivity contribution in [3.05, 3.63) is 59.8 Å². The molecule has 0 aliphatic carbocycles. The van der Waals surface area contributed by atoms with Crippen LogP contribution in [0.4, 0.5) is 5.69 Å². The highest BCUT2D eigenvalue weighted by atomic mass is 35.5. The molecule has 0 aliphatic rings. The lowest BCUT2D eigenvalue weighted by Gasteiger charge is -2.13. The van der Waals surface area contributed by atoms with Crippen LogP contribution in [0.2, 0.25) is 5.02 Å². The zero-order valence-corrected chi connectivity index (χ0v) is 16.0. The molecule has 0 saturated heterocycles. The van der Waals surface area contributed by atoms with E-state index in [0.717, 1.165) is 11.0 Å². The number of benzene rings is 2. The van der Waals surface area contributed by atoms with Gasteiger partial charge < -0.3 is 10.1 Å². The van der Waals surface area contributed by atoms with Gasteiger partial charge in [-0.05, 0) is 37.3 Å². The highest BCUT2D eigenvalue weighted by Gasteiger charge is 2.18. The summed E-state index contributed by atoms with van der Waals surface area (Å²) in [5, 5.41) is 3.77. The molecule has 1 atom stereocenters. The van der Waals surface area contributed by atoms with Gasteiger partial charge in [-0.2, -0.15) is 0 Å². The number of carbonyl (C=O) groups excluding carboxylic acids is 2. The van der Waals surface area contributed by atoms with E-state index in [4.69, 9.17) is 16.3 Å². The van der Waals surface area contributed by atoms with Crippen molar-refractivity contribution in [2.24, 2.45) is 0 Å². The number of hydrogen-bond acceptors (Lipinski definition) is 6. The van der Waals surface area contributed by atoms with Gasteiger partial charge in [0.2, 0.25) is 0 Å². The van der Waals surface area contributed by atoms with Gasteiger partial charge in [0, 0.05) is 10.7 Å². The van der Waals surface area contributed by atoms with E-state index in [1.807, 2.05) is 24.3 Å². The van der Waals surface area contributed by atoms with Crippen LogP contribution < -0.4 is 5.32 Å². The van der Waals surface area contributed by atoms with Crippen molar-refractivity contribution in [2.75, 3.05) is 11.1 Å². The first-order valence-corrected chi connectivity index (χ1v) is 9.48. The molecule has 0 fully saturated rings. The fourth-order valence-electron chi connectivity index (χ4n) is 2.24. The Bertz CT molecular complexity index is 983. The summed E-state index contributed by atoms with van der Waals surface area (Å²) < 4.78 is 5.17. The first-order valence-electron chi connectivity index (χ1n) is 8.12. The number of thioether (sulfide) groups is 1. The quantitative estimate of drug-likeness (QED) is 0.497. The largest absolute Gasteiger partial charge is 0.452 e. The fourth-order valence-corrected chi connectivity index (χ4v) is 3.05. The Morgan fingerprint density at radius 3 is 2.74 bits per heavy atom. The van der Waals surface area contributed by atoms with Crippen LogP contribution in [0.3, 0.4) is 0 Å². The number of halogens is 1. The molecule has 3 aromatic rings. The number of rotatable bonds is 6. The van der Waals surface area contributed by atoms with Gasteiger partial charge in [0.15, 0.2) is 6.10 Å². The summed E-state index contributed by atoms with van der Waals surface area (Å²) in [6.07, 6.45) is 0.676. The maximum atomic E-state index is 12.1. The van der Waals surface area contributed by atoms with Crippen molar-refractivity contribution in [2.45, 2.75) is 18.1 Å². The lowest BCUT2D eigenvalue weighted by atomic mass is 10.3. The lowest BCUT2D eigenvalue weighted by Crippen LogP contribution is -2.30. The third kappa shape index (κ3) is 5.42. The molecule has 1 heterocycles. The predicted octanol–water partition coefficient (Wildman–Crippen LogP) is 3.95. The van der Waals surface area contributed by atoms with Crippen LogP contribution >= 0.6 is 23.4 Å². The molecule has 0 spiro atoms. The minimum absolute atomic E-state index is 0.0296. The number of carbonyl (C=O) groups is 2. The third-order valence-electron chi connectivity index (χ3n) is 3.53. The topological polar surface area (TPSA) is 81.2 Å². The van der Waals surface area contributed by atoms with Crippen molar-refractivity contribution in [1.29, 1.82) is 0 Å². The number of nitrogens with zero attached hydrogens (tertiary/aromatic N) is 2. The van der Waals surface area contributed by atoms with Crippen LogP contribution in [0.1, 0.15) is 6.92 Å². The molecule has 1 aromatic heterocycles. The molecule has 0 aliphatic heterocycles. The Morgan fingerprint density at radius 1 is 1.19 bits per heavy atom. The minimum atomic E-state index is -0.931. The first kappa shape index (κ1) is 19.1. The van der Waals surface area contributed by atoms with E-state index in [9.17, 15) is 9.59 Å². The SMILES string of the molecule is CC(OC(=O)CSc1cnc2ccccc2n1)C(=O)Nc1cccc(Cl)c1. The summed E-state index contributed by atoms with van der Waals surface area (Å²) >= 11 is 7.08. The number of aromatic nitrogens is 2. The molecule has 1 N–H and O–H groups in total. The second-order valence-corrected chi connectivity index (χ2v) is 7.05. The smallest absolute Gasteiger partial charge is 0.317 e. The number of fused-ring (bicyclic) bond motifs is 1. The Balaban J connectivity index is 1.51. The summed E-state index contributed by atoms with van der Waals surface area (Å²) in [7, 11) is 0. The number of nitrogens with one attached hydrogen (secondary N) is 1.